The second-order valence-electron chi connectivity index (χ2n) is 5.80. The number of benzene rings is 2. The zero-order chi connectivity index (χ0) is 16.3. The van der Waals surface area contributed by atoms with Crippen molar-refractivity contribution in [1.29, 1.82) is 0 Å². The maximum Gasteiger partial charge on any atom is 0.247 e. The highest BCUT2D eigenvalue weighted by Crippen LogP contribution is 2.23. The summed E-state index contributed by atoms with van der Waals surface area (Å²) >= 11 is 3.39. The van der Waals surface area contributed by atoms with Crippen LogP contribution in [0.4, 0.5) is 0 Å². The fraction of sp³-hybridized carbons (Fsp3) is 0.278. The number of hydrogen-bond acceptors (Lipinski definition) is 2. The van der Waals surface area contributed by atoms with E-state index in [-0.39, 0.29) is 5.91 Å². The number of nitrogens with two attached hydrogens (primary N) is 1. The Labute approximate surface area is 140 Å². The SMILES string of the molecule is Cc1ccccc1CN(C)C(=O)C(C)(N)c1ccc(Br)cc1. The Morgan fingerprint density at radius 2 is 1.77 bits per heavy atom. The Balaban J connectivity index is 2.19. The number of hydrogen-bond donors (Lipinski definition) is 1. The number of halogens is 1. The first-order valence-corrected chi connectivity index (χ1v) is 7.96. The van der Waals surface area contributed by atoms with Crippen LogP contribution in [0.1, 0.15) is 23.6 Å². The zero-order valence-electron chi connectivity index (χ0n) is 13.1. The van der Waals surface area contributed by atoms with E-state index >= 15 is 0 Å². The van der Waals surface area contributed by atoms with Crippen molar-refractivity contribution in [2.24, 2.45) is 5.73 Å². The summed E-state index contributed by atoms with van der Waals surface area (Å²) in [6.45, 7) is 4.35. The molecule has 1 amide bonds. The standard InChI is InChI=1S/C18H21BrN2O/c1-13-6-4-5-7-14(13)12-21(3)17(22)18(2,20)15-8-10-16(19)11-9-15/h4-11H,12,20H2,1-3H3. The van der Waals surface area contributed by atoms with Crippen LogP contribution in [0.5, 0.6) is 0 Å². The average Bonchev–Trinajstić information content (AvgIpc) is 2.49. The molecule has 2 aromatic carbocycles. The molecule has 3 nitrogen and oxygen atoms in total. The lowest BCUT2D eigenvalue weighted by Gasteiger charge is -2.30. The van der Waals surface area contributed by atoms with Crippen molar-refractivity contribution in [3.05, 3.63) is 69.7 Å². The summed E-state index contributed by atoms with van der Waals surface area (Å²) in [6.07, 6.45) is 0. The van der Waals surface area contributed by atoms with E-state index in [1.807, 2.05) is 55.5 Å². The Morgan fingerprint density at radius 1 is 1.18 bits per heavy atom. The summed E-state index contributed by atoms with van der Waals surface area (Å²) in [7, 11) is 1.79. The zero-order valence-corrected chi connectivity index (χ0v) is 14.7. The molecule has 1 atom stereocenters. The molecule has 116 valence electrons. The monoisotopic (exact) mass is 360 g/mol. The molecule has 22 heavy (non-hydrogen) atoms. The molecule has 0 fully saturated rings. The molecule has 0 aliphatic carbocycles. The fourth-order valence-corrected chi connectivity index (χ4v) is 2.70. The van der Waals surface area contributed by atoms with Gasteiger partial charge in [-0.3, -0.25) is 4.79 Å². The summed E-state index contributed by atoms with van der Waals surface area (Å²) in [6, 6.07) is 15.6. The molecule has 0 aliphatic rings. The van der Waals surface area contributed by atoms with E-state index in [2.05, 4.69) is 15.9 Å². The number of likely N-dealkylation sites (N-methyl/N-ethyl adjacent to an activating group) is 1. The minimum atomic E-state index is -1.04. The van der Waals surface area contributed by atoms with Crippen molar-refractivity contribution >= 4 is 21.8 Å². The van der Waals surface area contributed by atoms with Gasteiger partial charge in [0.2, 0.25) is 5.91 Å². The molecule has 0 aliphatic heterocycles. The van der Waals surface area contributed by atoms with Gasteiger partial charge < -0.3 is 10.6 Å². The van der Waals surface area contributed by atoms with Gasteiger partial charge in [-0.25, -0.2) is 0 Å². The lowest BCUT2D eigenvalue weighted by molar-refractivity contribution is -0.136. The fourth-order valence-electron chi connectivity index (χ4n) is 2.43. The largest absolute Gasteiger partial charge is 0.340 e. The van der Waals surface area contributed by atoms with Gasteiger partial charge in [-0.05, 0) is 42.7 Å². The topological polar surface area (TPSA) is 46.3 Å². The van der Waals surface area contributed by atoms with Crippen LogP contribution in [0.25, 0.3) is 0 Å². The van der Waals surface area contributed by atoms with E-state index < -0.39 is 5.54 Å². The van der Waals surface area contributed by atoms with Crippen LogP contribution in [0, 0.1) is 6.92 Å². The van der Waals surface area contributed by atoms with Crippen LogP contribution in [-0.4, -0.2) is 17.9 Å². The van der Waals surface area contributed by atoms with Gasteiger partial charge in [0.05, 0.1) is 0 Å². The minimum absolute atomic E-state index is 0.0990. The average molecular weight is 361 g/mol. The van der Waals surface area contributed by atoms with E-state index in [0.717, 1.165) is 15.6 Å². The second-order valence-corrected chi connectivity index (χ2v) is 6.71. The lowest BCUT2D eigenvalue weighted by atomic mass is 9.91. The Bertz CT molecular complexity index is 665. The number of rotatable bonds is 4. The van der Waals surface area contributed by atoms with Gasteiger partial charge in [-0.2, -0.15) is 0 Å². The second kappa shape index (κ2) is 6.63. The predicted molar refractivity (Wildman–Crippen MR) is 93.3 cm³/mol. The number of nitrogens with zero attached hydrogens (tertiary/aromatic N) is 1. The van der Waals surface area contributed by atoms with Crippen molar-refractivity contribution in [3.63, 3.8) is 0 Å². The first kappa shape index (κ1) is 16.7. The normalized spacial score (nSPS) is 13.5. The molecule has 0 saturated carbocycles. The van der Waals surface area contributed by atoms with E-state index in [1.54, 1.807) is 18.9 Å². The van der Waals surface area contributed by atoms with Gasteiger partial charge in [-0.15, -0.1) is 0 Å². The Kier molecular flexibility index (Phi) is 5.04. The number of carbonyl (C=O) groups excluding carboxylic acids is 1. The van der Waals surface area contributed by atoms with Crippen LogP contribution in [0.15, 0.2) is 53.0 Å². The van der Waals surface area contributed by atoms with Crippen molar-refractivity contribution in [2.45, 2.75) is 25.9 Å². The molecule has 2 rings (SSSR count). The van der Waals surface area contributed by atoms with E-state index in [4.69, 9.17) is 5.73 Å². The highest BCUT2D eigenvalue weighted by molar-refractivity contribution is 9.10. The Morgan fingerprint density at radius 3 is 2.36 bits per heavy atom. The van der Waals surface area contributed by atoms with Gasteiger partial charge in [0.1, 0.15) is 5.54 Å². The third-order valence-corrected chi connectivity index (χ3v) is 4.43. The number of aryl methyl sites for hydroxylation is 1. The van der Waals surface area contributed by atoms with E-state index in [1.165, 1.54) is 5.56 Å². The molecule has 4 heteroatoms. The van der Waals surface area contributed by atoms with Gasteiger partial charge in [0.15, 0.2) is 0 Å². The molecule has 0 saturated heterocycles. The van der Waals surface area contributed by atoms with Crippen LogP contribution in [0.3, 0.4) is 0 Å². The van der Waals surface area contributed by atoms with Crippen molar-refractivity contribution in [1.82, 2.24) is 4.90 Å². The molecule has 2 aromatic rings. The summed E-state index contributed by atoms with van der Waals surface area (Å²) < 4.78 is 0.966. The lowest BCUT2D eigenvalue weighted by Crippen LogP contribution is -2.49. The maximum atomic E-state index is 12.8. The van der Waals surface area contributed by atoms with Crippen LogP contribution in [-0.2, 0) is 16.9 Å². The molecule has 0 heterocycles. The molecule has 1 unspecified atom stereocenters. The van der Waals surface area contributed by atoms with Gasteiger partial charge in [-0.1, -0.05) is 52.3 Å². The molecule has 0 spiro atoms. The maximum absolute atomic E-state index is 12.8. The van der Waals surface area contributed by atoms with Gasteiger partial charge >= 0.3 is 0 Å². The summed E-state index contributed by atoms with van der Waals surface area (Å²) in [5, 5.41) is 0. The summed E-state index contributed by atoms with van der Waals surface area (Å²) in [5.41, 5.74) is 8.38. The minimum Gasteiger partial charge on any atom is -0.340 e. The molecule has 2 N–H and O–H groups in total. The summed E-state index contributed by atoms with van der Waals surface area (Å²) in [5.74, 6) is -0.0990. The molecule has 0 bridgehead atoms. The molecular weight excluding hydrogens is 340 g/mol. The number of carbonyl (C=O) groups is 1. The van der Waals surface area contributed by atoms with Gasteiger partial charge in [0.25, 0.3) is 0 Å². The highest BCUT2D eigenvalue weighted by Gasteiger charge is 2.33. The number of amides is 1. The predicted octanol–water partition coefficient (Wildman–Crippen LogP) is 3.59. The van der Waals surface area contributed by atoms with Crippen molar-refractivity contribution < 1.29 is 4.79 Å². The third kappa shape index (κ3) is 3.57. The van der Waals surface area contributed by atoms with Crippen molar-refractivity contribution in [3.8, 4) is 0 Å². The first-order valence-electron chi connectivity index (χ1n) is 7.17. The third-order valence-electron chi connectivity index (χ3n) is 3.90. The summed E-state index contributed by atoms with van der Waals surface area (Å²) in [4.78, 5) is 14.4. The van der Waals surface area contributed by atoms with E-state index in [0.29, 0.717) is 6.54 Å². The smallest absolute Gasteiger partial charge is 0.247 e. The molecular formula is C18H21BrN2O. The Hall–Kier alpha value is -1.65. The van der Waals surface area contributed by atoms with Gasteiger partial charge in [0, 0.05) is 18.1 Å². The molecule has 0 aromatic heterocycles. The van der Waals surface area contributed by atoms with Crippen LogP contribution < -0.4 is 5.73 Å². The highest BCUT2D eigenvalue weighted by atomic mass is 79.9. The van der Waals surface area contributed by atoms with Crippen LogP contribution >= 0.6 is 15.9 Å². The quantitative estimate of drug-likeness (QED) is 0.905. The van der Waals surface area contributed by atoms with Crippen molar-refractivity contribution in [2.75, 3.05) is 7.05 Å². The first-order chi connectivity index (χ1) is 10.3. The van der Waals surface area contributed by atoms with E-state index in [9.17, 15) is 4.79 Å². The molecule has 0 radical (unpaired) electrons. The van der Waals surface area contributed by atoms with Crippen LogP contribution in [0.2, 0.25) is 0 Å².